The van der Waals surface area contributed by atoms with Crippen LogP contribution in [0.3, 0.4) is 0 Å². The third-order valence-electron chi connectivity index (χ3n) is 6.63. The standard InChI is InChI=1S/C21H28N2O2/c1-16(24)22-14-10-18(11-15-22)23-19(17-8-4-2-5-9-17)21(20(23)25)12-6-3-7-13-21/h2,4-5,8-9,18-19H,3,6-7,10-15H2,1H3. The highest BCUT2D eigenvalue weighted by Crippen LogP contribution is 2.59. The van der Waals surface area contributed by atoms with Gasteiger partial charge in [-0.15, -0.1) is 0 Å². The van der Waals surface area contributed by atoms with Crippen molar-refractivity contribution in [1.29, 1.82) is 0 Å². The first-order chi connectivity index (χ1) is 12.1. The van der Waals surface area contributed by atoms with Gasteiger partial charge in [-0.1, -0.05) is 49.6 Å². The third kappa shape index (κ3) is 2.66. The van der Waals surface area contributed by atoms with Crippen LogP contribution in [0.4, 0.5) is 0 Å². The molecule has 0 N–H and O–H groups in total. The topological polar surface area (TPSA) is 40.6 Å². The van der Waals surface area contributed by atoms with Crippen LogP contribution >= 0.6 is 0 Å². The summed E-state index contributed by atoms with van der Waals surface area (Å²) in [5, 5.41) is 0. The highest BCUT2D eigenvalue weighted by Gasteiger charge is 2.62. The van der Waals surface area contributed by atoms with Crippen molar-refractivity contribution in [3.8, 4) is 0 Å². The quantitative estimate of drug-likeness (QED) is 0.773. The van der Waals surface area contributed by atoms with Crippen molar-refractivity contribution < 1.29 is 9.59 Å². The van der Waals surface area contributed by atoms with Gasteiger partial charge in [0.2, 0.25) is 11.8 Å². The Morgan fingerprint density at radius 2 is 1.68 bits per heavy atom. The van der Waals surface area contributed by atoms with Crippen molar-refractivity contribution in [1.82, 2.24) is 9.80 Å². The molecule has 1 saturated carbocycles. The van der Waals surface area contributed by atoms with Crippen molar-refractivity contribution in [2.75, 3.05) is 13.1 Å². The van der Waals surface area contributed by atoms with Crippen molar-refractivity contribution in [2.24, 2.45) is 5.41 Å². The molecule has 1 aliphatic carbocycles. The van der Waals surface area contributed by atoms with Gasteiger partial charge < -0.3 is 9.80 Å². The maximum atomic E-state index is 13.3. The Balaban J connectivity index is 1.59. The van der Waals surface area contributed by atoms with Gasteiger partial charge >= 0.3 is 0 Å². The molecule has 0 aromatic heterocycles. The molecule has 3 aliphatic rings. The molecule has 0 bridgehead atoms. The van der Waals surface area contributed by atoms with E-state index in [1.54, 1.807) is 6.92 Å². The molecule has 2 amide bonds. The minimum absolute atomic E-state index is 0.150. The monoisotopic (exact) mass is 340 g/mol. The number of nitrogens with zero attached hydrogens (tertiary/aromatic N) is 2. The molecule has 1 aromatic carbocycles. The van der Waals surface area contributed by atoms with Crippen LogP contribution in [0.1, 0.15) is 63.5 Å². The van der Waals surface area contributed by atoms with Gasteiger partial charge in [-0.05, 0) is 31.2 Å². The number of hydrogen-bond donors (Lipinski definition) is 0. The molecule has 134 valence electrons. The number of β-lactam (4-membered cyclic amide) rings is 1. The fourth-order valence-corrected chi connectivity index (χ4v) is 5.31. The van der Waals surface area contributed by atoms with Gasteiger partial charge in [-0.3, -0.25) is 9.59 Å². The van der Waals surface area contributed by atoms with E-state index >= 15 is 0 Å². The number of piperidine rings is 1. The van der Waals surface area contributed by atoms with E-state index in [0.717, 1.165) is 38.8 Å². The zero-order chi connectivity index (χ0) is 17.4. The second kappa shape index (κ2) is 6.47. The Hall–Kier alpha value is -1.84. The number of hydrogen-bond acceptors (Lipinski definition) is 2. The van der Waals surface area contributed by atoms with Crippen LogP contribution in [0, 0.1) is 5.41 Å². The highest BCUT2D eigenvalue weighted by atomic mass is 16.2. The number of rotatable bonds is 2. The summed E-state index contributed by atoms with van der Waals surface area (Å²) in [6, 6.07) is 11.1. The normalized spacial score (nSPS) is 26.6. The molecular weight excluding hydrogens is 312 g/mol. The fourth-order valence-electron chi connectivity index (χ4n) is 5.31. The zero-order valence-corrected chi connectivity index (χ0v) is 15.1. The number of likely N-dealkylation sites (tertiary alicyclic amines) is 2. The lowest BCUT2D eigenvalue weighted by molar-refractivity contribution is -0.186. The van der Waals surface area contributed by atoms with Crippen LogP contribution in [-0.4, -0.2) is 40.7 Å². The Morgan fingerprint density at radius 1 is 1.04 bits per heavy atom. The van der Waals surface area contributed by atoms with Crippen molar-refractivity contribution in [3.05, 3.63) is 35.9 Å². The first-order valence-corrected chi connectivity index (χ1v) is 9.77. The molecule has 4 heteroatoms. The summed E-state index contributed by atoms with van der Waals surface area (Å²) in [5.41, 5.74) is 1.13. The Bertz CT molecular complexity index is 643. The van der Waals surface area contributed by atoms with Crippen LogP contribution in [0.5, 0.6) is 0 Å². The van der Waals surface area contributed by atoms with Crippen LogP contribution in [0.25, 0.3) is 0 Å². The molecule has 1 atom stereocenters. The lowest BCUT2D eigenvalue weighted by Gasteiger charge is -2.61. The molecule has 2 saturated heterocycles. The first kappa shape index (κ1) is 16.6. The van der Waals surface area contributed by atoms with Crippen LogP contribution in [0.15, 0.2) is 30.3 Å². The summed E-state index contributed by atoms with van der Waals surface area (Å²) in [7, 11) is 0. The maximum Gasteiger partial charge on any atom is 0.232 e. The molecule has 1 spiro atoms. The molecule has 2 aliphatic heterocycles. The molecule has 1 unspecified atom stereocenters. The molecule has 3 fully saturated rings. The Morgan fingerprint density at radius 3 is 2.28 bits per heavy atom. The van der Waals surface area contributed by atoms with Gasteiger partial charge in [0.15, 0.2) is 0 Å². The number of carbonyl (C=O) groups excluding carboxylic acids is 2. The van der Waals surface area contributed by atoms with E-state index in [1.165, 1.54) is 24.8 Å². The molecule has 4 rings (SSSR count). The predicted octanol–water partition coefficient (Wildman–Crippen LogP) is 3.53. The van der Waals surface area contributed by atoms with Crippen LogP contribution in [-0.2, 0) is 9.59 Å². The molecule has 25 heavy (non-hydrogen) atoms. The van der Waals surface area contributed by atoms with Crippen molar-refractivity contribution in [2.45, 2.75) is 64.0 Å². The molecule has 4 nitrogen and oxygen atoms in total. The van der Waals surface area contributed by atoms with E-state index in [4.69, 9.17) is 0 Å². The van der Waals surface area contributed by atoms with E-state index in [1.807, 2.05) is 11.0 Å². The first-order valence-electron chi connectivity index (χ1n) is 9.77. The largest absolute Gasteiger partial charge is 0.343 e. The van der Waals surface area contributed by atoms with Crippen LogP contribution < -0.4 is 0 Å². The highest BCUT2D eigenvalue weighted by molar-refractivity contribution is 5.91. The van der Waals surface area contributed by atoms with Gasteiger partial charge in [-0.25, -0.2) is 0 Å². The minimum Gasteiger partial charge on any atom is -0.343 e. The van der Waals surface area contributed by atoms with Gasteiger partial charge in [0, 0.05) is 26.1 Å². The Labute approximate surface area is 150 Å². The fraction of sp³-hybridized carbons (Fsp3) is 0.619. The Kier molecular flexibility index (Phi) is 4.30. The lowest BCUT2D eigenvalue weighted by atomic mass is 9.59. The summed E-state index contributed by atoms with van der Waals surface area (Å²) in [5.74, 6) is 0.527. The summed E-state index contributed by atoms with van der Waals surface area (Å²) < 4.78 is 0. The minimum atomic E-state index is -0.155. The summed E-state index contributed by atoms with van der Waals surface area (Å²) in [4.78, 5) is 29.0. The summed E-state index contributed by atoms with van der Waals surface area (Å²) in [6.45, 7) is 3.19. The molecule has 1 aromatic rings. The van der Waals surface area contributed by atoms with Crippen molar-refractivity contribution >= 4 is 11.8 Å². The summed E-state index contributed by atoms with van der Waals surface area (Å²) in [6.07, 6.45) is 7.49. The second-order valence-electron chi connectivity index (χ2n) is 7.98. The SMILES string of the molecule is CC(=O)N1CCC(N2C(=O)C3(CCCCC3)C2c2ccccc2)CC1. The average Bonchev–Trinajstić information content (AvgIpc) is 2.67. The smallest absolute Gasteiger partial charge is 0.232 e. The third-order valence-corrected chi connectivity index (χ3v) is 6.63. The maximum absolute atomic E-state index is 13.3. The second-order valence-corrected chi connectivity index (χ2v) is 7.98. The number of benzene rings is 1. The van der Waals surface area contributed by atoms with Gasteiger partial charge in [0.25, 0.3) is 0 Å². The molecular formula is C21H28N2O2. The average molecular weight is 340 g/mol. The van der Waals surface area contributed by atoms with Crippen molar-refractivity contribution in [3.63, 3.8) is 0 Å². The molecule has 0 radical (unpaired) electrons. The predicted molar refractivity (Wildman–Crippen MR) is 96.8 cm³/mol. The number of carbonyl (C=O) groups is 2. The van der Waals surface area contributed by atoms with E-state index in [9.17, 15) is 9.59 Å². The lowest BCUT2D eigenvalue weighted by Crippen LogP contribution is -2.67. The van der Waals surface area contributed by atoms with E-state index in [-0.39, 0.29) is 23.4 Å². The van der Waals surface area contributed by atoms with Crippen LogP contribution in [0.2, 0.25) is 0 Å². The van der Waals surface area contributed by atoms with Gasteiger partial charge in [0.05, 0.1) is 11.5 Å². The van der Waals surface area contributed by atoms with E-state index < -0.39 is 0 Å². The molecule has 2 heterocycles. The van der Waals surface area contributed by atoms with E-state index in [2.05, 4.69) is 29.2 Å². The van der Waals surface area contributed by atoms with Gasteiger partial charge in [-0.2, -0.15) is 0 Å². The van der Waals surface area contributed by atoms with E-state index in [0.29, 0.717) is 5.91 Å². The zero-order valence-electron chi connectivity index (χ0n) is 15.1. The summed E-state index contributed by atoms with van der Waals surface area (Å²) >= 11 is 0. The van der Waals surface area contributed by atoms with Gasteiger partial charge in [0.1, 0.15) is 0 Å². The number of amides is 2.